The van der Waals surface area contributed by atoms with E-state index in [4.69, 9.17) is 21.1 Å². The summed E-state index contributed by atoms with van der Waals surface area (Å²) in [5.41, 5.74) is 0. The summed E-state index contributed by atoms with van der Waals surface area (Å²) in [6.07, 6.45) is 0.967. The molecule has 1 saturated heterocycles. The van der Waals surface area contributed by atoms with Crippen molar-refractivity contribution in [2.45, 2.75) is 6.42 Å². The van der Waals surface area contributed by atoms with Gasteiger partial charge in [0.1, 0.15) is 11.6 Å². The summed E-state index contributed by atoms with van der Waals surface area (Å²) in [4.78, 5) is 11.5. The predicted molar refractivity (Wildman–Crippen MR) is 68.8 cm³/mol. The minimum absolute atomic E-state index is 0.0268. The van der Waals surface area contributed by atoms with Crippen molar-refractivity contribution in [1.29, 1.82) is 0 Å². The SMILES string of the molecule is O=C(COc1ccc(F)c(Cl)c1)NCC1CCOC1. The minimum Gasteiger partial charge on any atom is -0.484 e. The molecular weight excluding hydrogens is 273 g/mol. The first-order valence-corrected chi connectivity index (χ1v) is 6.45. The molecule has 1 atom stereocenters. The van der Waals surface area contributed by atoms with E-state index in [-0.39, 0.29) is 17.5 Å². The van der Waals surface area contributed by atoms with Crippen molar-refractivity contribution in [1.82, 2.24) is 5.32 Å². The van der Waals surface area contributed by atoms with Gasteiger partial charge in [-0.3, -0.25) is 4.79 Å². The largest absolute Gasteiger partial charge is 0.484 e. The molecular formula is C13H15ClFNO3. The molecule has 1 aromatic rings. The van der Waals surface area contributed by atoms with Crippen LogP contribution in [0.25, 0.3) is 0 Å². The summed E-state index contributed by atoms with van der Waals surface area (Å²) < 4.78 is 23.3. The van der Waals surface area contributed by atoms with Crippen LogP contribution < -0.4 is 10.1 Å². The molecule has 0 radical (unpaired) electrons. The quantitative estimate of drug-likeness (QED) is 0.901. The normalized spacial score (nSPS) is 18.3. The van der Waals surface area contributed by atoms with Gasteiger partial charge in [-0.15, -0.1) is 0 Å². The number of hydrogen-bond acceptors (Lipinski definition) is 3. The van der Waals surface area contributed by atoms with Gasteiger partial charge in [0.25, 0.3) is 5.91 Å². The van der Waals surface area contributed by atoms with Crippen molar-refractivity contribution in [2.24, 2.45) is 5.92 Å². The van der Waals surface area contributed by atoms with Crippen LogP contribution in [-0.4, -0.2) is 32.3 Å². The summed E-state index contributed by atoms with van der Waals surface area (Å²) in [6, 6.07) is 3.97. The Hall–Kier alpha value is -1.33. The van der Waals surface area contributed by atoms with E-state index in [0.29, 0.717) is 24.8 Å². The van der Waals surface area contributed by atoms with Crippen LogP contribution in [0, 0.1) is 11.7 Å². The average molecular weight is 288 g/mol. The van der Waals surface area contributed by atoms with Gasteiger partial charge in [-0.25, -0.2) is 4.39 Å². The zero-order chi connectivity index (χ0) is 13.7. The molecule has 1 aliphatic rings. The molecule has 1 aliphatic heterocycles. The van der Waals surface area contributed by atoms with Crippen LogP contribution in [0.15, 0.2) is 18.2 Å². The fourth-order valence-electron chi connectivity index (χ4n) is 1.77. The molecule has 0 saturated carbocycles. The Kier molecular flexibility index (Phi) is 4.99. The first-order chi connectivity index (χ1) is 9.15. The van der Waals surface area contributed by atoms with Gasteiger partial charge >= 0.3 is 0 Å². The minimum atomic E-state index is -0.514. The Morgan fingerprint density at radius 1 is 1.58 bits per heavy atom. The third-order valence-corrected chi connectivity index (χ3v) is 3.16. The number of ether oxygens (including phenoxy) is 2. The van der Waals surface area contributed by atoms with Crippen LogP contribution in [-0.2, 0) is 9.53 Å². The molecule has 2 rings (SSSR count). The first kappa shape index (κ1) is 14.1. The molecule has 0 spiro atoms. The van der Waals surface area contributed by atoms with Gasteiger partial charge < -0.3 is 14.8 Å². The summed E-state index contributed by atoms with van der Waals surface area (Å²) in [5.74, 6) is 0.0158. The molecule has 6 heteroatoms. The van der Waals surface area contributed by atoms with Crippen LogP contribution in [0.1, 0.15) is 6.42 Å². The number of benzene rings is 1. The van der Waals surface area contributed by atoms with E-state index >= 15 is 0 Å². The molecule has 0 aliphatic carbocycles. The van der Waals surface area contributed by atoms with Gasteiger partial charge in [0, 0.05) is 25.1 Å². The van der Waals surface area contributed by atoms with E-state index < -0.39 is 5.82 Å². The maximum Gasteiger partial charge on any atom is 0.257 e. The molecule has 1 N–H and O–H groups in total. The van der Waals surface area contributed by atoms with Crippen molar-refractivity contribution in [3.63, 3.8) is 0 Å². The summed E-state index contributed by atoms with van der Waals surface area (Å²) in [5, 5.41) is 2.74. The number of rotatable bonds is 5. The number of carbonyl (C=O) groups excluding carboxylic acids is 1. The van der Waals surface area contributed by atoms with Gasteiger partial charge in [0.05, 0.1) is 11.6 Å². The van der Waals surface area contributed by atoms with Gasteiger partial charge in [-0.2, -0.15) is 0 Å². The van der Waals surface area contributed by atoms with Crippen LogP contribution in [0.4, 0.5) is 4.39 Å². The molecule has 19 heavy (non-hydrogen) atoms. The topological polar surface area (TPSA) is 47.6 Å². The lowest BCUT2D eigenvalue weighted by atomic mass is 10.1. The number of hydrogen-bond donors (Lipinski definition) is 1. The van der Waals surface area contributed by atoms with Crippen molar-refractivity contribution in [2.75, 3.05) is 26.4 Å². The van der Waals surface area contributed by atoms with Crippen LogP contribution >= 0.6 is 11.6 Å². The van der Waals surface area contributed by atoms with Crippen molar-refractivity contribution >= 4 is 17.5 Å². The summed E-state index contributed by atoms with van der Waals surface area (Å²) >= 11 is 5.61. The first-order valence-electron chi connectivity index (χ1n) is 6.07. The third kappa shape index (κ3) is 4.36. The maximum atomic E-state index is 12.9. The van der Waals surface area contributed by atoms with E-state index in [1.165, 1.54) is 18.2 Å². The molecule has 1 unspecified atom stereocenters. The Balaban J connectivity index is 1.71. The molecule has 1 amide bonds. The monoisotopic (exact) mass is 287 g/mol. The van der Waals surface area contributed by atoms with E-state index in [1.807, 2.05) is 0 Å². The second kappa shape index (κ2) is 6.73. The van der Waals surface area contributed by atoms with Crippen LogP contribution in [0.3, 0.4) is 0 Å². The van der Waals surface area contributed by atoms with Gasteiger partial charge in [-0.1, -0.05) is 11.6 Å². The fourth-order valence-corrected chi connectivity index (χ4v) is 1.94. The number of carbonyl (C=O) groups is 1. The van der Waals surface area contributed by atoms with Gasteiger partial charge in [0.2, 0.25) is 0 Å². The molecule has 1 aromatic carbocycles. The van der Waals surface area contributed by atoms with Crippen LogP contribution in [0.2, 0.25) is 5.02 Å². The highest BCUT2D eigenvalue weighted by atomic mass is 35.5. The number of halogens is 2. The van der Waals surface area contributed by atoms with Gasteiger partial charge in [0.15, 0.2) is 6.61 Å². The van der Waals surface area contributed by atoms with Crippen molar-refractivity contribution in [3.05, 3.63) is 29.0 Å². The zero-order valence-corrected chi connectivity index (χ0v) is 11.1. The maximum absolute atomic E-state index is 12.9. The summed E-state index contributed by atoms with van der Waals surface area (Å²) in [6.45, 7) is 1.92. The Morgan fingerprint density at radius 2 is 2.42 bits per heavy atom. The Bertz CT molecular complexity index is 450. The van der Waals surface area contributed by atoms with E-state index in [1.54, 1.807) is 0 Å². The highest BCUT2D eigenvalue weighted by molar-refractivity contribution is 6.30. The van der Waals surface area contributed by atoms with Crippen molar-refractivity contribution < 1.29 is 18.7 Å². The highest BCUT2D eigenvalue weighted by Gasteiger charge is 2.16. The molecule has 4 nitrogen and oxygen atoms in total. The second-order valence-corrected chi connectivity index (χ2v) is 4.81. The van der Waals surface area contributed by atoms with Gasteiger partial charge in [-0.05, 0) is 18.6 Å². The summed E-state index contributed by atoms with van der Waals surface area (Å²) in [7, 11) is 0. The molecule has 104 valence electrons. The highest BCUT2D eigenvalue weighted by Crippen LogP contribution is 2.20. The smallest absolute Gasteiger partial charge is 0.257 e. The van der Waals surface area contributed by atoms with E-state index in [0.717, 1.165) is 13.0 Å². The molecule has 0 bridgehead atoms. The van der Waals surface area contributed by atoms with E-state index in [2.05, 4.69) is 5.32 Å². The lowest BCUT2D eigenvalue weighted by Crippen LogP contribution is -2.33. The second-order valence-electron chi connectivity index (χ2n) is 4.40. The average Bonchev–Trinajstić information content (AvgIpc) is 2.91. The Morgan fingerprint density at radius 3 is 3.11 bits per heavy atom. The lowest BCUT2D eigenvalue weighted by molar-refractivity contribution is -0.123. The number of amides is 1. The molecule has 1 fully saturated rings. The third-order valence-electron chi connectivity index (χ3n) is 2.87. The zero-order valence-electron chi connectivity index (χ0n) is 10.3. The van der Waals surface area contributed by atoms with E-state index in [9.17, 15) is 9.18 Å². The predicted octanol–water partition coefficient (Wildman–Crippen LogP) is 2.01. The lowest BCUT2D eigenvalue weighted by Gasteiger charge is -2.10. The Labute approximate surface area is 115 Å². The van der Waals surface area contributed by atoms with Crippen LogP contribution in [0.5, 0.6) is 5.75 Å². The standard InChI is InChI=1S/C13H15ClFNO3/c14-11-5-10(1-2-12(11)15)19-8-13(17)16-6-9-3-4-18-7-9/h1-2,5,9H,3-4,6-8H2,(H,16,17). The van der Waals surface area contributed by atoms with Crippen molar-refractivity contribution in [3.8, 4) is 5.75 Å². The number of nitrogens with one attached hydrogen (secondary N) is 1. The molecule has 1 heterocycles. The molecule has 0 aromatic heterocycles. The fraction of sp³-hybridized carbons (Fsp3) is 0.462.